The summed E-state index contributed by atoms with van der Waals surface area (Å²) in [6.07, 6.45) is 1.55. The molecular formula is C17H12BrClN2O. The van der Waals surface area contributed by atoms with Crippen LogP contribution < -0.4 is 5.32 Å². The van der Waals surface area contributed by atoms with Crippen molar-refractivity contribution in [3.05, 3.63) is 68.7 Å². The second-order valence-corrected chi connectivity index (χ2v) is 5.99. The third kappa shape index (κ3) is 4.20. The summed E-state index contributed by atoms with van der Waals surface area (Å²) in [5.41, 5.74) is 2.28. The number of benzene rings is 2. The Kier molecular flexibility index (Phi) is 5.37. The molecule has 0 aliphatic rings. The summed E-state index contributed by atoms with van der Waals surface area (Å²) in [5, 5.41) is 12.5. The number of carbonyl (C=O) groups is 1. The zero-order valence-electron chi connectivity index (χ0n) is 11.7. The summed E-state index contributed by atoms with van der Waals surface area (Å²) in [5.74, 6) is -0.448. The molecule has 0 spiro atoms. The van der Waals surface area contributed by atoms with Crippen molar-refractivity contribution >= 4 is 45.2 Å². The van der Waals surface area contributed by atoms with Crippen molar-refractivity contribution in [1.82, 2.24) is 0 Å². The van der Waals surface area contributed by atoms with Crippen molar-refractivity contribution in [2.24, 2.45) is 0 Å². The van der Waals surface area contributed by atoms with Crippen LogP contribution in [-0.2, 0) is 4.79 Å². The molecule has 0 aliphatic carbocycles. The van der Waals surface area contributed by atoms with Crippen LogP contribution in [0.3, 0.4) is 0 Å². The second-order valence-electron chi connectivity index (χ2n) is 4.63. The Balaban J connectivity index is 2.22. The molecular weight excluding hydrogens is 364 g/mol. The van der Waals surface area contributed by atoms with Crippen molar-refractivity contribution in [1.29, 1.82) is 5.26 Å². The number of hydrogen-bond acceptors (Lipinski definition) is 2. The standard InChI is InChI=1S/C17H12BrClN2O/c1-11-8-15(19)6-7-16(11)21-17(22)13(10-20)9-12-2-4-14(18)5-3-12/h2-9H,1H3,(H,21,22)/b13-9+. The van der Waals surface area contributed by atoms with Crippen molar-refractivity contribution in [3.63, 3.8) is 0 Å². The Hall–Kier alpha value is -2.09. The van der Waals surface area contributed by atoms with Crippen LogP contribution in [0.4, 0.5) is 5.69 Å². The largest absolute Gasteiger partial charge is 0.321 e. The lowest BCUT2D eigenvalue weighted by Crippen LogP contribution is -2.14. The highest BCUT2D eigenvalue weighted by Gasteiger charge is 2.11. The van der Waals surface area contributed by atoms with Gasteiger partial charge in [0.25, 0.3) is 5.91 Å². The second kappa shape index (κ2) is 7.26. The smallest absolute Gasteiger partial charge is 0.266 e. The Labute approximate surface area is 142 Å². The molecule has 0 fully saturated rings. The first kappa shape index (κ1) is 16.3. The van der Waals surface area contributed by atoms with E-state index in [4.69, 9.17) is 11.6 Å². The highest BCUT2D eigenvalue weighted by atomic mass is 79.9. The Bertz CT molecular complexity index is 776. The number of amides is 1. The average Bonchev–Trinajstić information content (AvgIpc) is 2.49. The zero-order valence-corrected chi connectivity index (χ0v) is 14.1. The highest BCUT2D eigenvalue weighted by Crippen LogP contribution is 2.20. The summed E-state index contributed by atoms with van der Waals surface area (Å²) in [4.78, 5) is 12.2. The van der Waals surface area contributed by atoms with Crippen LogP contribution >= 0.6 is 27.5 Å². The van der Waals surface area contributed by atoms with Crippen molar-refractivity contribution < 1.29 is 4.79 Å². The van der Waals surface area contributed by atoms with Crippen LogP contribution in [-0.4, -0.2) is 5.91 Å². The minimum atomic E-state index is -0.448. The predicted molar refractivity (Wildman–Crippen MR) is 92.6 cm³/mol. The van der Waals surface area contributed by atoms with Crippen LogP contribution in [0.25, 0.3) is 6.08 Å². The molecule has 0 heterocycles. The van der Waals surface area contributed by atoms with Gasteiger partial charge in [-0.3, -0.25) is 4.79 Å². The summed E-state index contributed by atoms with van der Waals surface area (Å²) in [6, 6.07) is 14.4. The third-order valence-corrected chi connectivity index (χ3v) is 3.75. The summed E-state index contributed by atoms with van der Waals surface area (Å²) >= 11 is 9.22. The fourth-order valence-electron chi connectivity index (χ4n) is 1.83. The minimum Gasteiger partial charge on any atom is -0.321 e. The molecule has 1 amide bonds. The summed E-state index contributed by atoms with van der Waals surface area (Å²) in [6.45, 7) is 1.84. The number of anilines is 1. The van der Waals surface area contributed by atoms with Gasteiger partial charge in [-0.05, 0) is 54.5 Å². The molecule has 0 bridgehead atoms. The number of hydrogen-bond donors (Lipinski definition) is 1. The van der Waals surface area contributed by atoms with Crippen LogP contribution in [0.5, 0.6) is 0 Å². The molecule has 5 heteroatoms. The number of halogens is 2. The SMILES string of the molecule is Cc1cc(Cl)ccc1NC(=O)/C(C#N)=C/c1ccc(Br)cc1. The van der Waals surface area contributed by atoms with E-state index < -0.39 is 5.91 Å². The lowest BCUT2D eigenvalue weighted by Gasteiger charge is -2.08. The van der Waals surface area contributed by atoms with Crippen LogP contribution in [0.2, 0.25) is 5.02 Å². The van der Waals surface area contributed by atoms with Gasteiger partial charge in [0.2, 0.25) is 0 Å². The van der Waals surface area contributed by atoms with Gasteiger partial charge in [-0.15, -0.1) is 0 Å². The monoisotopic (exact) mass is 374 g/mol. The Morgan fingerprint density at radius 3 is 2.55 bits per heavy atom. The van der Waals surface area contributed by atoms with E-state index in [1.807, 2.05) is 37.3 Å². The normalized spacial score (nSPS) is 10.9. The third-order valence-electron chi connectivity index (χ3n) is 2.98. The van der Waals surface area contributed by atoms with Gasteiger partial charge in [-0.1, -0.05) is 39.7 Å². The number of nitriles is 1. The lowest BCUT2D eigenvalue weighted by molar-refractivity contribution is -0.112. The fourth-order valence-corrected chi connectivity index (χ4v) is 2.32. The number of rotatable bonds is 3. The van der Waals surface area contributed by atoms with Gasteiger partial charge in [0.05, 0.1) is 0 Å². The Morgan fingerprint density at radius 2 is 1.95 bits per heavy atom. The number of carbonyl (C=O) groups excluding carboxylic acids is 1. The van der Waals surface area contributed by atoms with E-state index >= 15 is 0 Å². The molecule has 2 aromatic rings. The molecule has 110 valence electrons. The van der Waals surface area contributed by atoms with Crippen molar-refractivity contribution in [2.75, 3.05) is 5.32 Å². The number of nitrogens with one attached hydrogen (secondary N) is 1. The Morgan fingerprint density at radius 1 is 1.27 bits per heavy atom. The molecule has 2 aromatic carbocycles. The van der Waals surface area contributed by atoms with E-state index in [0.717, 1.165) is 15.6 Å². The zero-order chi connectivity index (χ0) is 16.1. The topological polar surface area (TPSA) is 52.9 Å². The molecule has 0 aromatic heterocycles. The molecule has 0 saturated carbocycles. The summed E-state index contributed by atoms with van der Waals surface area (Å²) in [7, 11) is 0. The maximum absolute atomic E-state index is 12.2. The molecule has 1 N–H and O–H groups in total. The van der Waals surface area contributed by atoms with E-state index in [-0.39, 0.29) is 5.57 Å². The number of aryl methyl sites for hydroxylation is 1. The molecule has 0 aliphatic heterocycles. The maximum Gasteiger partial charge on any atom is 0.266 e. The van der Waals surface area contributed by atoms with Gasteiger partial charge in [0.1, 0.15) is 11.6 Å². The first-order valence-corrected chi connectivity index (χ1v) is 7.61. The van der Waals surface area contributed by atoms with E-state index in [9.17, 15) is 10.1 Å². The van der Waals surface area contributed by atoms with E-state index in [1.54, 1.807) is 24.3 Å². The van der Waals surface area contributed by atoms with Gasteiger partial charge in [0, 0.05) is 15.2 Å². The van der Waals surface area contributed by atoms with E-state index in [0.29, 0.717) is 10.7 Å². The van der Waals surface area contributed by atoms with Crippen LogP contribution in [0.15, 0.2) is 52.5 Å². The molecule has 0 saturated heterocycles. The van der Waals surface area contributed by atoms with Gasteiger partial charge in [-0.25, -0.2) is 0 Å². The quantitative estimate of drug-likeness (QED) is 0.609. The molecule has 0 radical (unpaired) electrons. The van der Waals surface area contributed by atoms with Gasteiger partial charge >= 0.3 is 0 Å². The molecule has 0 unspecified atom stereocenters. The lowest BCUT2D eigenvalue weighted by atomic mass is 10.1. The van der Waals surface area contributed by atoms with E-state index in [1.165, 1.54) is 0 Å². The highest BCUT2D eigenvalue weighted by molar-refractivity contribution is 9.10. The van der Waals surface area contributed by atoms with Crippen molar-refractivity contribution in [3.8, 4) is 6.07 Å². The van der Waals surface area contributed by atoms with Gasteiger partial charge < -0.3 is 5.32 Å². The van der Waals surface area contributed by atoms with Crippen LogP contribution in [0, 0.1) is 18.3 Å². The van der Waals surface area contributed by atoms with Gasteiger partial charge in [-0.2, -0.15) is 5.26 Å². The van der Waals surface area contributed by atoms with Crippen LogP contribution in [0.1, 0.15) is 11.1 Å². The molecule has 0 atom stereocenters. The van der Waals surface area contributed by atoms with Gasteiger partial charge in [0.15, 0.2) is 0 Å². The molecule has 22 heavy (non-hydrogen) atoms. The molecule has 3 nitrogen and oxygen atoms in total. The minimum absolute atomic E-state index is 0.0386. The fraction of sp³-hybridized carbons (Fsp3) is 0.0588. The van der Waals surface area contributed by atoms with Crippen molar-refractivity contribution in [2.45, 2.75) is 6.92 Å². The predicted octanol–water partition coefficient (Wildman–Crippen LogP) is 4.96. The first-order valence-electron chi connectivity index (χ1n) is 6.44. The number of nitrogens with zero attached hydrogens (tertiary/aromatic N) is 1. The molecule has 2 rings (SSSR count). The average molecular weight is 376 g/mol. The maximum atomic E-state index is 12.2. The summed E-state index contributed by atoms with van der Waals surface area (Å²) < 4.78 is 0.935. The first-order chi connectivity index (χ1) is 10.5. The van der Waals surface area contributed by atoms with E-state index in [2.05, 4.69) is 21.2 Å².